The molecular formula is C12H20N2O. The number of hydrogen-bond acceptors (Lipinski definition) is 3. The Bertz CT molecular complexity index is 310. The highest BCUT2D eigenvalue weighted by Gasteiger charge is 2.02. The Morgan fingerprint density at radius 1 is 1.40 bits per heavy atom. The van der Waals surface area contributed by atoms with Crippen molar-refractivity contribution in [3.8, 4) is 0 Å². The van der Waals surface area contributed by atoms with Gasteiger partial charge in [-0.25, -0.2) is 4.98 Å². The summed E-state index contributed by atoms with van der Waals surface area (Å²) in [6, 6.07) is 4.23. The summed E-state index contributed by atoms with van der Waals surface area (Å²) in [7, 11) is 0. The third kappa shape index (κ3) is 3.88. The van der Waals surface area contributed by atoms with E-state index in [1.807, 2.05) is 12.1 Å². The van der Waals surface area contributed by atoms with E-state index in [0.29, 0.717) is 6.04 Å². The van der Waals surface area contributed by atoms with E-state index in [1.165, 1.54) is 0 Å². The number of aliphatic hydroxyl groups is 1. The van der Waals surface area contributed by atoms with Crippen LogP contribution in [-0.4, -0.2) is 16.1 Å². The van der Waals surface area contributed by atoms with Crippen molar-refractivity contribution in [2.45, 2.75) is 46.3 Å². The molecule has 2 N–H and O–H groups in total. The Balaban J connectivity index is 2.89. The maximum atomic E-state index is 9.13. The summed E-state index contributed by atoms with van der Waals surface area (Å²) in [5, 5.41) is 12.4. The van der Waals surface area contributed by atoms with Gasteiger partial charge in [-0.3, -0.25) is 0 Å². The van der Waals surface area contributed by atoms with Gasteiger partial charge in [0.2, 0.25) is 0 Å². The summed E-state index contributed by atoms with van der Waals surface area (Å²) >= 11 is 0. The summed E-state index contributed by atoms with van der Waals surface area (Å²) in [6.07, 6.45) is 2.03. The maximum absolute atomic E-state index is 9.13. The minimum atomic E-state index is 0.0754. The van der Waals surface area contributed by atoms with Crippen LogP contribution in [0.2, 0.25) is 0 Å². The standard InChI is InChI=1S/C12H20N2O/c1-4-5-11-6-10(8-15)7-12(14-11)13-9(2)3/h6-7,9,15H,4-5,8H2,1-3H3,(H,13,14). The molecule has 15 heavy (non-hydrogen) atoms. The van der Waals surface area contributed by atoms with Crippen molar-refractivity contribution >= 4 is 5.82 Å². The molecule has 0 fully saturated rings. The average Bonchev–Trinajstić information content (AvgIpc) is 2.16. The number of aliphatic hydroxyl groups excluding tert-OH is 1. The minimum Gasteiger partial charge on any atom is -0.392 e. The molecule has 3 heteroatoms. The van der Waals surface area contributed by atoms with Gasteiger partial charge in [0.15, 0.2) is 0 Å². The highest BCUT2D eigenvalue weighted by Crippen LogP contribution is 2.13. The Hall–Kier alpha value is -1.09. The van der Waals surface area contributed by atoms with E-state index in [0.717, 1.165) is 29.9 Å². The molecule has 0 saturated heterocycles. The van der Waals surface area contributed by atoms with E-state index >= 15 is 0 Å². The van der Waals surface area contributed by atoms with E-state index in [4.69, 9.17) is 5.11 Å². The number of aromatic nitrogens is 1. The van der Waals surface area contributed by atoms with Crippen LogP contribution in [0, 0.1) is 0 Å². The Kier molecular flexibility index (Phi) is 4.56. The molecule has 0 aliphatic rings. The van der Waals surface area contributed by atoms with Crippen LogP contribution >= 0.6 is 0 Å². The topological polar surface area (TPSA) is 45.1 Å². The number of rotatable bonds is 5. The number of pyridine rings is 1. The monoisotopic (exact) mass is 208 g/mol. The molecule has 0 spiro atoms. The fourth-order valence-electron chi connectivity index (χ4n) is 1.50. The molecule has 0 aliphatic carbocycles. The first kappa shape index (κ1) is 12.0. The van der Waals surface area contributed by atoms with Gasteiger partial charge in [0.05, 0.1) is 6.61 Å². The molecule has 0 radical (unpaired) electrons. The van der Waals surface area contributed by atoms with E-state index in [-0.39, 0.29) is 6.61 Å². The van der Waals surface area contributed by atoms with Gasteiger partial charge in [-0.05, 0) is 38.0 Å². The van der Waals surface area contributed by atoms with Crippen molar-refractivity contribution < 1.29 is 5.11 Å². The molecule has 1 heterocycles. The van der Waals surface area contributed by atoms with Crippen molar-refractivity contribution in [1.29, 1.82) is 0 Å². The molecule has 1 rings (SSSR count). The number of nitrogens with zero attached hydrogens (tertiary/aromatic N) is 1. The lowest BCUT2D eigenvalue weighted by Gasteiger charge is -2.11. The Morgan fingerprint density at radius 3 is 2.67 bits per heavy atom. The molecule has 0 bridgehead atoms. The van der Waals surface area contributed by atoms with Crippen LogP contribution in [0.1, 0.15) is 38.4 Å². The Morgan fingerprint density at radius 2 is 2.13 bits per heavy atom. The Labute approximate surface area is 91.5 Å². The predicted molar refractivity (Wildman–Crippen MR) is 62.9 cm³/mol. The first-order valence-electron chi connectivity index (χ1n) is 5.53. The fraction of sp³-hybridized carbons (Fsp3) is 0.583. The van der Waals surface area contributed by atoms with Crippen molar-refractivity contribution in [2.24, 2.45) is 0 Å². The summed E-state index contributed by atoms with van der Waals surface area (Å²) in [5.74, 6) is 0.861. The van der Waals surface area contributed by atoms with Crippen LogP contribution in [0.25, 0.3) is 0 Å². The maximum Gasteiger partial charge on any atom is 0.126 e. The highest BCUT2D eigenvalue weighted by molar-refractivity contribution is 5.40. The molecule has 84 valence electrons. The van der Waals surface area contributed by atoms with Crippen LogP contribution in [0.4, 0.5) is 5.82 Å². The summed E-state index contributed by atoms with van der Waals surface area (Å²) < 4.78 is 0. The third-order valence-electron chi connectivity index (χ3n) is 2.06. The van der Waals surface area contributed by atoms with Crippen LogP contribution in [0.3, 0.4) is 0 Å². The largest absolute Gasteiger partial charge is 0.392 e. The lowest BCUT2D eigenvalue weighted by molar-refractivity contribution is 0.281. The molecule has 3 nitrogen and oxygen atoms in total. The second-order valence-corrected chi connectivity index (χ2v) is 4.06. The van der Waals surface area contributed by atoms with E-state index in [1.54, 1.807) is 0 Å². The van der Waals surface area contributed by atoms with Gasteiger partial charge in [0, 0.05) is 11.7 Å². The van der Waals surface area contributed by atoms with Gasteiger partial charge >= 0.3 is 0 Å². The SMILES string of the molecule is CCCc1cc(CO)cc(NC(C)C)n1. The van der Waals surface area contributed by atoms with Gasteiger partial charge in [-0.2, -0.15) is 0 Å². The molecule has 0 saturated carbocycles. The molecule has 0 unspecified atom stereocenters. The smallest absolute Gasteiger partial charge is 0.126 e. The number of aryl methyl sites for hydroxylation is 1. The van der Waals surface area contributed by atoms with Crippen molar-refractivity contribution in [2.75, 3.05) is 5.32 Å². The second-order valence-electron chi connectivity index (χ2n) is 4.06. The molecule has 0 aromatic carbocycles. The molecule has 1 aromatic heterocycles. The molecule has 1 aromatic rings. The van der Waals surface area contributed by atoms with E-state index in [9.17, 15) is 0 Å². The van der Waals surface area contributed by atoms with Gasteiger partial charge in [-0.15, -0.1) is 0 Å². The van der Waals surface area contributed by atoms with E-state index < -0.39 is 0 Å². The van der Waals surface area contributed by atoms with Crippen LogP contribution in [0.15, 0.2) is 12.1 Å². The summed E-state index contributed by atoms with van der Waals surface area (Å²) in [6.45, 7) is 6.36. The summed E-state index contributed by atoms with van der Waals surface area (Å²) in [4.78, 5) is 4.49. The van der Waals surface area contributed by atoms with Crippen molar-refractivity contribution in [1.82, 2.24) is 4.98 Å². The zero-order valence-corrected chi connectivity index (χ0v) is 9.75. The second kappa shape index (κ2) is 5.71. The lowest BCUT2D eigenvalue weighted by Crippen LogP contribution is -2.12. The van der Waals surface area contributed by atoms with Crippen LogP contribution in [-0.2, 0) is 13.0 Å². The van der Waals surface area contributed by atoms with Crippen molar-refractivity contribution in [3.63, 3.8) is 0 Å². The number of anilines is 1. The quantitative estimate of drug-likeness (QED) is 0.780. The fourth-order valence-corrected chi connectivity index (χ4v) is 1.50. The molecule has 0 aliphatic heterocycles. The van der Waals surface area contributed by atoms with Gasteiger partial charge in [0.25, 0.3) is 0 Å². The zero-order chi connectivity index (χ0) is 11.3. The zero-order valence-electron chi connectivity index (χ0n) is 9.75. The van der Waals surface area contributed by atoms with Gasteiger partial charge in [-0.1, -0.05) is 13.3 Å². The van der Waals surface area contributed by atoms with Gasteiger partial charge in [0.1, 0.15) is 5.82 Å². The highest BCUT2D eigenvalue weighted by atomic mass is 16.3. The predicted octanol–water partition coefficient (Wildman–Crippen LogP) is 2.35. The summed E-state index contributed by atoms with van der Waals surface area (Å²) in [5.41, 5.74) is 1.98. The molecular weight excluding hydrogens is 188 g/mol. The number of hydrogen-bond donors (Lipinski definition) is 2. The lowest BCUT2D eigenvalue weighted by atomic mass is 10.1. The van der Waals surface area contributed by atoms with E-state index in [2.05, 4.69) is 31.1 Å². The third-order valence-corrected chi connectivity index (χ3v) is 2.06. The van der Waals surface area contributed by atoms with Crippen molar-refractivity contribution in [3.05, 3.63) is 23.4 Å². The first-order chi connectivity index (χ1) is 7.15. The minimum absolute atomic E-state index is 0.0754. The first-order valence-corrected chi connectivity index (χ1v) is 5.53. The van der Waals surface area contributed by atoms with Crippen LogP contribution < -0.4 is 5.32 Å². The average molecular weight is 208 g/mol. The number of nitrogens with one attached hydrogen (secondary N) is 1. The molecule has 0 atom stereocenters. The molecule has 0 amide bonds. The normalized spacial score (nSPS) is 10.7. The van der Waals surface area contributed by atoms with Crippen LogP contribution in [0.5, 0.6) is 0 Å². The van der Waals surface area contributed by atoms with Gasteiger partial charge < -0.3 is 10.4 Å².